The largest absolute Gasteiger partial charge is 0.458 e. The Labute approximate surface area is 178 Å². The van der Waals surface area contributed by atoms with E-state index in [2.05, 4.69) is 13.8 Å². The topological polar surface area (TPSA) is 107 Å². The molecule has 0 aromatic carbocycles. The van der Waals surface area contributed by atoms with Crippen LogP contribution in [0.5, 0.6) is 0 Å². The number of hydrogen-bond acceptors (Lipinski definition) is 6. The zero-order valence-corrected chi connectivity index (χ0v) is 18.2. The van der Waals surface area contributed by atoms with Crippen molar-refractivity contribution < 1.29 is 30.0 Å². The van der Waals surface area contributed by atoms with Gasteiger partial charge in [0, 0.05) is 28.7 Å². The Balaban J connectivity index is 1.56. The van der Waals surface area contributed by atoms with E-state index < -0.39 is 28.1 Å². The molecule has 4 N–H and O–H groups in total. The van der Waals surface area contributed by atoms with Crippen molar-refractivity contribution in [3.8, 4) is 0 Å². The minimum absolute atomic E-state index is 0.00601. The molecule has 0 amide bonds. The summed E-state index contributed by atoms with van der Waals surface area (Å²) >= 11 is 0. The lowest BCUT2D eigenvalue weighted by Gasteiger charge is -2.70. The van der Waals surface area contributed by atoms with Gasteiger partial charge in [-0.1, -0.05) is 13.8 Å². The number of rotatable bonds is 2. The van der Waals surface area contributed by atoms with Gasteiger partial charge in [0.15, 0.2) is 0 Å². The third-order valence-corrected chi connectivity index (χ3v) is 10.7. The summed E-state index contributed by atoms with van der Waals surface area (Å²) in [6, 6.07) is 0. The molecule has 1 heterocycles. The van der Waals surface area contributed by atoms with Crippen molar-refractivity contribution in [2.24, 2.45) is 28.1 Å². The van der Waals surface area contributed by atoms with Gasteiger partial charge in [-0.05, 0) is 68.8 Å². The molecule has 0 radical (unpaired) electrons. The summed E-state index contributed by atoms with van der Waals surface area (Å²) in [5, 5.41) is 44.9. The van der Waals surface area contributed by atoms with Gasteiger partial charge in [-0.25, -0.2) is 4.79 Å². The van der Waals surface area contributed by atoms with Crippen LogP contribution in [0.2, 0.25) is 0 Å². The maximum Gasteiger partial charge on any atom is 0.331 e. The van der Waals surface area contributed by atoms with Gasteiger partial charge in [-0.2, -0.15) is 0 Å². The van der Waals surface area contributed by atoms with E-state index in [0.29, 0.717) is 45.1 Å². The number of carbonyl (C=O) groups is 1. The minimum Gasteiger partial charge on any atom is -0.458 e. The first-order chi connectivity index (χ1) is 14.1. The Morgan fingerprint density at radius 2 is 1.80 bits per heavy atom. The molecule has 6 nitrogen and oxygen atoms in total. The van der Waals surface area contributed by atoms with Crippen LogP contribution in [0.15, 0.2) is 11.6 Å². The highest BCUT2D eigenvalue weighted by Crippen LogP contribution is 2.75. The van der Waals surface area contributed by atoms with Crippen molar-refractivity contribution in [3.63, 3.8) is 0 Å². The molecule has 6 heteroatoms. The predicted molar refractivity (Wildman–Crippen MR) is 109 cm³/mol. The average Bonchev–Trinajstić information content (AvgIpc) is 3.23. The SMILES string of the molecule is C[C@]12CC[C@H]3[C@@]4(CO)CC[C@H](O)C[C@@]4(O)CC[C@@]3(C)[C@@]1(O)CC[C@@H]2C1=CC(=O)OC1. The highest BCUT2D eigenvalue weighted by Gasteiger charge is 2.75. The van der Waals surface area contributed by atoms with Crippen molar-refractivity contribution in [1.82, 2.24) is 0 Å². The quantitative estimate of drug-likeness (QED) is 0.510. The molecule has 4 saturated carbocycles. The van der Waals surface area contributed by atoms with E-state index in [1.165, 1.54) is 0 Å². The van der Waals surface area contributed by atoms with Crippen LogP contribution in [0.4, 0.5) is 0 Å². The molecule has 168 valence electrons. The summed E-state index contributed by atoms with van der Waals surface area (Å²) in [5.41, 5.74) is -2.49. The number of aliphatic hydroxyl groups is 4. The summed E-state index contributed by atoms with van der Waals surface area (Å²) in [5.74, 6) is -0.175. The lowest BCUT2D eigenvalue weighted by atomic mass is 9.36. The maximum absolute atomic E-state index is 12.4. The first-order valence-electron chi connectivity index (χ1n) is 11.7. The standard InChI is InChI=1S/C24H36O6/c1-20-6-5-18-21(2,9-10-23(28)12-16(26)3-7-22(18,23)14-25)24(20,29)8-4-17(20)15-11-19(27)30-13-15/h11,16-18,25-26,28-29H,3-10,12-14H2,1-2H3/t16-,17+,18+,20+,21+,22-,23-,24+/m0/s1. The molecule has 4 aliphatic carbocycles. The Bertz CT molecular complexity index is 795. The third-order valence-electron chi connectivity index (χ3n) is 10.7. The first-order valence-corrected chi connectivity index (χ1v) is 11.7. The number of fused-ring (bicyclic) bond motifs is 5. The van der Waals surface area contributed by atoms with Gasteiger partial charge in [-0.3, -0.25) is 0 Å². The van der Waals surface area contributed by atoms with Gasteiger partial charge >= 0.3 is 5.97 Å². The van der Waals surface area contributed by atoms with Crippen LogP contribution in [-0.2, 0) is 9.53 Å². The molecule has 0 bridgehead atoms. The highest BCUT2D eigenvalue weighted by molar-refractivity contribution is 5.85. The maximum atomic E-state index is 12.4. The first kappa shape index (κ1) is 20.9. The second-order valence-corrected chi connectivity index (χ2v) is 11.4. The number of hydrogen-bond donors (Lipinski definition) is 4. The second-order valence-electron chi connectivity index (χ2n) is 11.4. The molecule has 1 aliphatic heterocycles. The normalized spacial score (nSPS) is 55.3. The Hall–Kier alpha value is -0.950. The number of aliphatic hydroxyl groups excluding tert-OH is 2. The molecular formula is C24H36O6. The fourth-order valence-corrected chi connectivity index (χ4v) is 9.07. The van der Waals surface area contributed by atoms with Crippen LogP contribution in [0.1, 0.15) is 71.6 Å². The monoisotopic (exact) mass is 420 g/mol. The van der Waals surface area contributed by atoms with Gasteiger partial charge in [0.05, 0.1) is 23.9 Å². The Morgan fingerprint density at radius 1 is 1.03 bits per heavy atom. The number of ether oxygens (including phenoxy) is 1. The van der Waals surface area contributed by atoms with Crippen molar-refractivity contribution in [1.29, 1.82) is 0 Å². The molecule has 0 saturated heterocycles. The molecule has 0 aromatic rings. The zero-order valence-electron chi connectivity index (χ0n) is 18.2. The summed E-state index contributed by atoms with van der Waals surface area (Å²) in [7, 11) is 0. The lowest BCUT2D eigenvalue weighted by Crippen LogP contribution is -2.73. The fourth-order valence-electron chi connectivity index (χ4n) is 9.07. The average molecular weight is 421 g/mol. The van der Waals surface area contributed by atoms with E-state index in [9.17, 15) is 25.2 Å². The Kier molecular flexibility index (Phi) is 4.40. The molecule has 5 rings (SSSR count). The van der Waals surface area contributed by atoms with Crippen LogP contribution in [-0.4, -0.2) is 56.9 Å². The number of esters is 1. The van der Waals surface area contributed by atoms with Gasteiger partial charge in [0.1, 0.15) is 6.61 Å². The molecular weight excluding hydrogens is 384 g/mol. The zero-order chi connectivity index (χ0) is 21.6. The van der Waals surface area contributed by atoms with Crippen LogP contribution >= 0.6 is 0 Å². The van der Waals surface area contributed by atoms with Crippen molar-refractivity contribution in [2.45, 2.75) is 88.9 Å². The molecule has 0 aromatic heterocycles. The summed E-state index contributed by atoms with van der Waals surface area (Å²) in [6.45, 7) is 4.56. The molecule has 8 atom stereocenters. The van der Waals surface area contributed by atoms with Crippen molar-refractivity contribution in [3.05, 3.63) is 11.6 Å². The molecule has 5 aliphatic rings. The van der Waals surface area contributed by atoms with Crippen molar-refractivity contribution in [2.75, 3.05) is 13.2 Å². The van der Waals surface area contributed by atoms with E-state index in [-0.39, 0.29) is 29.8 Å². The summed E-state index contributed by atoms with van der Waals surface area (Å²) < 4.78 is 5.19. The van der Waals surface area contributed by atoms with E-state index in [1.807, 2.05) is 0 Å². The van der Waals surface area contributed by atoms with E-state index in [1.54, 1.807) is 6.08 Å². The lowest BCUT2D eigenvalue weighted by molar-refractivity contribution is -0.303. The van der Waals surface area contributed by atoms with Crippen molar-refractivity contribution >= 4 is 5.97 Å². The Morgan fingerprint density at radius 3 is 2.47 bits per heavy atom. The van der Waals surface area contributed by atoms with Gasteiger partial charge < -0.3 is 25.2 Å². The van der Waals surface area contributed by atoms with E-state index >= 15 is 0 Å². The predicted octanol–water partition coefficient (Wildman–Crippen LogP) is 2.08. The molecule has 30 heavy (non-hydrogen) atoms. The summed E-state index contributed by atoms with van der Waals surface area (Å²) in [6.07, 6.45) is 6.85. The number of carbonyl (C=O) groups excluding carboxylic acids is 1. The highest BCUT2D eigenvalue weighted by atomic mass is 16.5. The van der Waals surface area contributed by atoms with E-state index in [4.69, 9.17) is 4.74 Å². The van der Waals surface area contributed by atoms with Gasteiger partial charge in [0.25, 0.3) is 0 Å². The van der Waals surface area contributed by atoms with Crippen LogP contribution in [0.3, 0.4) is 0 Å². The second kappa shape index (κ2) is 6.31. The molecule has 0 unspecified atom stereocenters. The fraction of sp³-hybridized carbons (Fsp3) is 0.875. The smallest absolute Gasteiger partial charge is 0.331 e. The van der Waals surface area contributed by atoms with E-state index in [0.717, 1.165) is 24.8 Å². The van der Waals surface area contributed by atoms with Gasteiger partial charge in [-0.15, -0.1) is 0 Å². The molecule has 4 fully saturated rings. The molecule has 0 spiro atoms. The van der Waals surface area contributed by atoms with Gasteiger partial charge in [0.2, 0.25) is 0 Å². The summed E-state index contributed by atoms with van der Waals surface area (Å²) in [4.78, 5) is 11.7. The van der Waals surface area contributed by atoms with Crippen LogP contribution in [0.25, 0.3) is 0 Å². The third kappa shape index (κ3) is 2.26. The van der Waals surface area contributed by atoms with Crippen LogP contribution < -0.4 is 0 Å². The minimum atomic E-state index is -1.08. The number of cyclic esters (lactones) is 1. The van der Waals surface area contributed by atoms with Crippen LogP contribution in [0, 0.1) is 28.1 Å².